The molecule has 0 aromatic rings. The molecule has 0 radical (unpaired) electrons. The molecule has 2 aliphatic rings. The Morgan fingerprint density at radius 1 is 1.27 bits per heavy atom. The first kappa shape index (κ1) is 11.4. The topological polar surface area (TPSA) is 21.3 Å². The fourth-order valence-corrected chi connectivity index (χ4v) is 2.89. The van der Waals surface area contributed by atoms with Gasteiger partial charge in [0.2, 0.25) is 0 Å². The summed E-state index contributed by atoms with van der Waals surface area (Å²) in [5.41, 5.74) is 0.479. The van der Waals surface area contributed by atoms with Gasteiger partial charge in [0.15, 0.2) is 0 Å². The normalized spacial score (nSPS) is 40.2. The first-order valence-corrected chi connectivity index (χ1v) is 6.32. The molecule has 2 rings (SSSR count). The quantitative estimate of drug-likeness (QED) is 0.720. The third-order valence-electron chi connectivity index (χ3n) is 4.17. The molecule has 1 aliphatic carbocycles. The Labute approximate surface area is 93.8 Å². The Morgan fingerprint density at radius 2 is 2.00 bits per heavy atom. The molecule has 1 saturated carbocycles. The van der Waals surface area contributed by atoms with Crippen molar-refractivity contribution in [2.75, 3.05) is 13.2 Å². The van der Waals surface area contributed by atoms with Crippen molar-refractivity contribution in [3.8, 4) is 0 Å². The van der Waals surface area contributed by atoms with E-state index in [1.807, 2.05) is 0 Å². The highest BCUT2D eigenvalue weighted by Crippen LogP contribution is 2.45. The molecule has 1 N–H and O–H groups in total. The lowest BCUT2D eigenvalue weighted by Gasteiger charge is -2.40. The predicted octanol–water partition coefficient (Wildman–Crippen LogP) is 2.78. The molecule has 2 nitrogen and oxygen atoms in total. The van der Waals surface area contributed by atoms with Gasteiger partial charge in [-0.2, -0.15) is 0 Å². The lowest BCUT2D eigenvalue weighted by molar-refractivity contribution is -0.122. The van der Waals surface area contributed by atoms with E-state index in [1.165, 1.54) is 19.3 Å². The molecule has 0 bridgehead atoms. The van der Waals surface area contributed by atoms with Gasteiger partial charge in [-0.05, 0) is 36.5 Å². The van der Waals surface area contributed by atoms with Crippen LogP contribution in [0.2, 0.25) is 0 Å². The first-order chi connectivity index (χ1) is 6.93. The van der Waals surface area contributed by atoms with Crippen molar-refractivity contribution in [1.82, 2.24) is 5.32 Å². The summed E-state index contributed by atoms with van der Waals surface area (Å²) in [5, 5.41) is 3.66. The number of ether oxygens (including phenoxy) is 1. The van der Waals surface area contributed by atoms with Gasteiger partial charge < -0.3 is 4.74 Å². The van der Waals surface area contributed by atoms with E-state index in [0.717, 1.165) is 19.1 Å². The van der Waals surface area contributed by atoms with Gasteiger partial charge in [0, 0.05) is 6.54 Å². The minimum atomic E-state index is 0.0227. The Balaban J connectivity index is 1.93. The van der Waals surface area contributed by atoms with Crippen LogP contribution >= 0.6 is 0 Å². The molecular formula is C13H25NO. The molecule has 15 heavy (non-hydrogen) atoms. The van der Waals surface area contributed by atoms with Crippen LogP contribution in [0.25, 0.3) is 0 Å². The van der Waals surface area contributed by atoms with E-state index >= 15 is 0 Å². The minimum absolute atomic E-state index is 0.0227. The zero-order chi connectivity index (χ0) is 11.1. The molecule has 1 aliphatic heterocycles. The molecule has 1 saturated heterocycles. The number of hydrogen-bond donors (Lipinski definition) is 1. The van der Waals surface area contributed by atoms with Crippen molar-refractivity contribution in [1.29, 1.82) is 0 Å². The standard InChI is InChI=1S/C13H25NO/c1-10(2)11-7-14-13(15-8-11)6-5-12(3,4)9-13/h10-11,14H,5-9H2,1-4H3. The zero-order valence-electron chi connectivity index (χ0n) is 10.6. The Morgan fingerprint density at radius 3 is 2.40 bits per heavy atom. The maximum atomic E-state index is 6.12. The van der Waals surface area contributed by atoms with Gasteiger partial charge in [0.05, 0.1) is 6.61 Å². The summed E-state index contributed by atoms with van der Waals surface area (Å²) in [5.74, 6) is 1.42. The molecule has 2 atom stereocenters. The molecule has 1 spiro atoms. The van der Waals surface area contributed by atoms with Crippen LogP contribution in [0.4, 0.5) is 0 Å². The SMILES string of the molecule is CC(C)C1CNC2(CCC(C)(C)C2)OC1. The second-order valence-electron chi connectivity index (χ2n) is 6.53. The summed E-state index contributed by atoms with van der Waals surface area (Å²) in [4.78, 5) is 0. The largest absolute Gasteiger partial charge is 0.360 e. The summed E-state index contributed by atoms with van der Waals surface area (Å²) < 4.78 is 6.12. The van der Waals surface area contributed by atoms with Gasteiger partial charge in [0.1, 0.15) is 5.72 Å². The average Bonchev–Trinajstić information content (AvgIpc) is 2.43. The van der Waals surface area contributed by atoms with E-state index in [0.29, 0.717) is 11.3 Å². The third kappa shape index (κ3) is 2.36. The third-order valence-corrected chi connectivity index (χ3v) is 4.17. The van der Waals surface area contributed by atoms with E-state index in [9.17, 15) is 0 Å². The van der Waals surface area contributed by atoms with Crippen LogP contribution in [0.1, 0.15) is 47.0 Å². The zero-order valence-corrected chi connectivity index (χ0v) is 10.6. The van der Waals surface area contributed by atoms with Gasteiger partial charge >= 0.3 is 0 Å². The molecule has 88 valence electrons. The second kappa shape index (κ2) is 3.74. The van der Waals surface area contributed by atoms with Crippen LogP contribution in [0.3, 0.4) is 0 Å². The summed E-state index contributed by atoms with van der Waals surface area (Å²) in [6, 6.07) is 0. The molecular weight excluding hydrogens is 186 g/mol. The highest BCUT2D eigenvalue weighted by atomic mass is 16.5. The summed E-state index contributed by atoms with van der Waals surface area (Å²) in [6.45, 7) is 11.3. The lowest BCUT2D eigenvalue weighted by Crippen LogP contribution is -2.54. The van der Waals surface area contributed by atoms with Gasteiger partial charge in [-0.3, -0.25) is 5.32 Å². The molecule has 0 aromatic heterocycles. The number of rotatable bonds is 1. The lowest BCUT2D eigenvalue weighted by atomic mass is 9.90. The maximum absolute atomic E-state index is 6.12. The van der Waals surface area contributed by atoms with Crippen molar-refractivity contribution in [3.63, 3.8) is 0 Å². The van der Waals surface area contributed by atoms with Gasteiger partial charge in [0.25, 0.3) is 0 Å². The Bertz CT molecular complexity index is 227. The fourth-order valence-electron chi connectivity index (χ4n) is 2.89. The molecule has 2 fully saturated rings. The van der Waals surface area contributed by atoms with Gasteiger partial charge in [-0.1, -0.05) is 27.7 Å². The van der Waals surface area contributed by atoms with Crippen LogP contribution in [0.5, 0.6) is 0 Å². The Hall–Kier alpha value is -0.0800. The summed E-state index contributed by atoms with van der Waals surface area (Å²) in [6.07, 6.45) is 3.64. The fraction of sp³-hybridized carbons (Fsp3) is 1.00. The van der Waals surface area contributed by atoms with Crippen LogP contribution in [-0.2, 0) is 4.74 Å². The minimum Gasteiger partial charge on any atom is -0.360 e. The van der Waals surface area contributed by atoms with Crippen molar-refractivity contribution in [3.05, 3.63) is 0 Å². The molecule has 1 heterocycles. The molecule has 0 amide bonds. The number of nitrogens with one attached hydrogen (secondary N) is 1. The average molecular weight is 211 g/mol. The van der Waals surface area contributed by atoms with Crippen molar-refractivity contribution in [2.24, 2.45) is 17.3 Å². The van der Waals surface area contributed by atoms with Crippen molar-refractivity contribution in [2.45, 2.75) is 52.7 Å². The first-order valence-electron chi connectivity index (χ1n) is 6.32. The van der Waals surface area contributed by atoms with Crippen LogP contribution in [0, 0.1) is 17.3 Å². The van der Waals surface area contributed by atoms with Crippen LogP contribution in [-0.4, -0.2) is 18.9 Å². The monoisotopic (exact) mass is 211 g/mol. The predicted molar refractivity (Wildman–Crippen MR) is 62.6 cm³/mol. The van der Waals surface area contributed by atoms with Crippen molar-refractivity contribution >= 4 is 0 Å². The van der Waals surface area contributed by atoms with E-state index in [2.05, 4.69) is 33.0 Å². The van der Waals surface area contributed by atoms with Crippen LogP contribution < -0.4 is 5.32 Å². The molecule has 2 heteroatoms. The van der Waals surface area contributed by atoms with E-state index < -0.39 is 0 Å². The van der Waals surface area contributed by atoms with E-state index in [1.54, 1.807) is 0 Å². The van der Waals surface area contributed by atoms with E-state index in [4.69, 9.17) is 4.74 Å². The molecule has 0 aromatic carbocycles. The smallest absolute Gasteiger partial charge is 0.119 e. The van der Waals surface area contributed by atoms with Gasteiger partial charge in [-0.15, -0.1) is 0 Å². The maximum Gasteiger partial charge on any atom is 0.119 e. The van der Waals surface area contributed by atoms with Crippen LogP contribution in [0.15, 0.2) is 0 Å². The highest BCUT2D eigenvalue weighted by Gasteiger charge is 2.46. The second-order valence-corrected chi connectivity index (χ2v) is 6.53. The number of hydrogen-bond acceptors (Lipinski definition) is 2. The summed E-state index contributed by atoms with van der Waals surface area (Å²) in [7, 11) is 0. The van der Waals surface area contributed by atoms with Gasteiger partial charge in [-0.25, -0.2) is 0 Å². The summed E-state index contributed by atoms with van der Waals surface area (Å²) >= 11 is 0. The van der Waals surface area contributed by atoms with E-state index in [-0.39, 0.29) is 5.72 Å². The van der Waals surface area contributed by atoms with Crippen molar-refractivity contribution < 1.29 is 4.74 Å². The Kier molecular flexibility index (Phi) is 2.85. The molecule has 2 unspecified atom stereocenters. The highest BCUT2D eigenvalue weighted by molar-refractivity contribution is 4.96.